The molecule has 2 rings (SSSR count). The summed E-state index contributed by atoms with van der Waals surface area (Å²) in [5.74, 6) is 1.14. The van der Waals surface area contributed by atoms with Gasteiger partial charge in [-0.3, -0.25) is 0 Å². The molecule has 0 aliphatic heterocycles. The third-order valence-corrected chi connectivity index (χ3v) is 2.59. The Kier molecular flexibility index (Phi) is 3.26. The van der Waals surface area contributed by atoms with Crippen LogP contribution in [0.25, 0.3) is 5.69 Å². The molecule has 0 amide bonds. The summed E-state index contributed by atoms with van der Waals surface area (Å²) in [7, 11) is 1.55. The molecule has 0 aliphatic carbocycles. The molecule has 1 unspecified atom stereocenters. The van der Waals surface area contributed by atoms with E-state index in [9.17, 15) is 0 Å². The maximum Gasteiger partial charge on any atom is 0.173 e. The van der Waals surface area contributed by atoms with Crippen molar-refractivity contribution in [3.63, 3.8) is 0 Å². The number of benzene rings is 1. The average molecular weight is 254 g/mol. The van der Waals surface area contributed by atoms with E-state index in [4.69, 9.17) is 22.1 Å². The molecule has 17 heavy (non-hydrogen) atoms. The molecule has 0 spiro atoms. The monoisotopic (exact) mass is 253 g/mol. The largest absolute Gasteiger partial charge is 0.495 e. The van der Waals surface area contributed by atoms with Crippen molar-refractivity contribution in [3.05, 3.63) is 29.0 Å². The molecular formula is C10H12ClN5O. The Labute approximate surface area is 103 Å². The fourth-order valence-electron chi connectivity index (χ4n) is 1.44. The Morgan fingerprint density at radius 3 is 2.88 bits per heavy atom. The number of tetrazole rings is 1. The van der Waals surface area contributed by atoms with Gasteiger partial charge in [-0.25, -0.2) is 0 Å². The highest BCUT2D eigenvalue weighted by Gasteiger charge is 2.13. The standard InChI is InChI=1S/C10H12ClN5O/c1-6(12)10-13-14-15-16(10)7-3-4-8(11)9(5-7)17-2/h3-6H,12H2,1-2H3. The zero-order chi connectivity index (χ0) is 12.4. The first-order valence-electron chi connectivity index (χ1n) is 5.01. The zero-order valence-corrected chi connectivity index (χ0v) is 10.2. The number of aromatic nitrogens is 4. The number of hydrogen-bond acceptors (Lipinski definition) is 5. The van der Waals surface area contributed by atoms with Crippen LogP contribution in [0.5, 0.6) is 5.75 Å². The lowest BCUT2D eigenvalue weighted by Crippen LogP contribution is -2.13. The van der Waals surface area contributed by atoms with Gasteiger partial charge in [0.1, 0.15) is 5.75 Å². The number of methoxy groups -OCH3 is 1. The van der Waals surface area contributed by atoms with Crippen molar-refractivity contribution in [2.45, 2.75) is 13.0 Å². The van der Waals surface area contributed by atoms with Gasteiger partial charge in [0, 0.05) is 6.07 Å². The van der Waals surface area contributed by atoms with Crippen LogP contribution in [0.4, 0.5) is 0 Å². The van der Waals surface area contributed by atoms with Crippen LogP contribution in [0.3, 0.4) is 0 Å². The lowest BCUT2D eigenvalue weighted by atomic mass is 10.2. The minimum atomic E-state index is -0.258. The molecule has 0 fully saturated rings. The molecule has 1 heterocycles. The van der Waals surface area contributed by atoms with Crippen molar-refractivity contribution in [2.24, 2.45) is 5.73 Å². The highest BCUT2D eigenvalue weighted by atomic mass is 35.5. The van der Waals surface area contributed by atoms with E-state index < -0.39 is 0 Å². The van der Waals surface area contributed by atoms with Crippen molar-refractivity contribution in [2.75, 3.05) is 7.11 Å². The summed E-state index contributed by atoms with van der Waals surface area (Å²) in [6.07, 6.45) is 0. The molecule has 1 aromatic heterocycles. The summed E-state index contributed by atoms with van der Waals surface area (Å²) in [4.78, 5) is 0. The SMILES string of the molecule is COc1cc(-n2nnnc2C(C)N)ccc1Cl. The maximum absolute atomic E-state index is 5.95. The van der Waals surface area contributed by atoms with E-state index in [1.165, 1.54) is 0 Å². The van der Waals surface area contributed by atoms with Crippen LogP contribution in [0.1, 0.15) is 18.8 Å². The highest BCUT2D eigenvalue weighted by Crippen LogP contribution is 2.27. The first kappa shape index (κ1) is 11.8. The van der Waals surface area contributed by atoms with Gasteiger partial charge in [0.25, 0.3) is 0 Å². The molecule has 6 nitrogen and oxygen atoms in total. The average Bonchev–Trinajstić information content (AvgIpc) is 2.78. The van der Waals surface area contributed by atoms with Gasteiger partial charge in [0.2, 0.25) is 0 Å². The van der Waals surface area contributed by atoms with E-state index in [0.29, 0.717) is 16.6 Å². The number of rotatable bonds is 3. The topological polar surface area (TPSA) is 78.8 Å². The molecule has 0 saturated carbocycles. The van der Waals surface area contributed by atoms with E-state index in [1.54, 1.807) is 30.0 Å². The minimum Gasteiger partial charge on any atom is -0.495 e. The molecule has 0 radical (unpaired) electrons. The predicted octanol–water partition coefficient (Wildman–Crippen LogP) is 1.34. The summed E-state index contributed by atoms with van der Waals surface area (Å²) in [6.45, 7) is 1.81. The Morgan fingerprint density at radius 2 is 2.24 bits per heavy atom. The number of nitrogens with zero attached hydrogens (tertiary/aromatic N) is 4. The van der Waals surface area contributed by atoms with Crippen LogP contribution in [0.2, 0.25) is 5.02 Å². The van der Waals surface area contributed by atoms with Crippen LogP contribution in [-0.2, 0) is 0 Å². The van der Waals surface area contributed by atoms with Gasteiger partial charge in [-0.1, -0.05) is 11.6 Å². The minimum absolute atomic E-state index is 0.258. The zero-order valence-electron chi connectivity index (χ0n) is 9.46. The third kappa shape index (κ3) is 2.22. The quantitative estimate of drug-likeness (QED) is 0.893. The lowest BCUT2D eigenvalue weighted by molar-refractivity contribution is 0.414. The first-order valence-corrected chi connectivity index (χ1v) is 5.39. The predicted molar refractivity (Wildman–Crippen MR) is 63.3 cm³/mol. The van der Waals surface area contributed by atoms with Gasteiger partial charge in [-0.2, -0.15) is 4.68 Å². The molecule has 7 heteroatoms. The van der Waals surface area contributed by atoms with Crippen LogP contribution in [-0.4, -0.2) is 27.3 Å². The number of halogens is 1. The summed E-state index contributed by atoms with van der Waals surface area (Å²) in [6, 6.07) is 5.02. The summed E-state index contributed by atoms with van der Waals surface area (Å²) < 4.78 is 6.70. The van der Waals surface area contributed by atoms with Crippen LogP contribution in [0.15, 0.2) is 18.2 Å². The van der Waals surface area contributed by atoms with Crippen LogP contribution in [0, 0.1) is 0 Å². The molecule has 1 atom stereocenters. The smallest absolute Gasteiger partial charge is 0.173 e. The van der Waals surface area contributed by atoms with E-state index >= 15 is 0 Å². The van der Waals surface area contributed by atoms with Crippen molar-refractivity contribution < 1.29 is 4.74 Å². The second-order valence-electron chi connectivity index (χ2n) is 3.56. The lowest BCUT2D eigenvalue weighted by Gasteiger charge is -2.09. The van der Waals surface area contributed by atoms with Crippen molar-refractivity contribution >= 4 is 11.6 Å². The Balaban J connectivity index is 2.49. The molecule has 2 N–H and O–H groups in total. The number of hydrogen-bond donors (Lipinski definition) is 1. The first-order chi connectivity index (χ1) is 8.13. The van der Waals surface area contributed by atoms with Crippen molar-refractivity contribution in [1.29, 1.82) is 0 Å². The molecule has 0 aliphatic rings. The Bertz CT molecular complexity index is 525. The molecule has 0 saturated heterocycles. The fraction of sp³-hybridized carbons (Fsp3) is 0.300. The Morgan fingerprint density at radius 1 is 1.47 bits per heavy atom. The Hall–Kier alpha value is -1.66. The molecule has 90 valence electrons. The second kappa shape index (κ2) is 4.68. The second-order valence-corrected chi connectivity index (χ2v) is 3.96. The van der Waals surface area contributed by atoms with Gasteiger partial charge in [-0.15, -0.1) is 5.10 Å². The van der Waals surface area contributed by atoms with Crippen molar-refractivity contribution in [1.82, 2.24) is 20.2 Å². The van der Waals surface area contributed by atoms with Crippen LogP contribution < -0.4 is 10.5 Å². The molecule has 0 bridgehead atoms. The van der Waals surface area contributed by atoms with Gasteiger partial charge in [0.05, 0.1) is 23.9 Å². The molecule has 2 aromatic rings. The summed E-state index contributed by atoms with van der Waals surface area (Å²) in [5.41, 5.74) is 6.53. The highest BCUT2D eigenvalue weighted by molar-refractivity contribution is 6.32. The van der Waals surface area contributed by atoms with E-state index in [0.717, 1.165) is 5.69 Å². The van der Waals surface area contributed by atoms with Crippen LogP contribution >= 0.6 is 11.6 Å². The normalized spacial score (nSPS) is 12.5. The van der Waals surface area contributed by atoms with Gasteiger partial charge >= 0.3 is 0 Å². The third-order valence-electron chi connectivity index (χ3n) is 2.28. The van der Waals surface area contributed by atoms with E-state index in [1.807, 2.05) is 6.92 Å². The molecule has 1 aromatic carbocycles. The van der Waals surface area contributed by atoms with E-state index in [2.05, 4.69) is 15.5 Å². The van der Waals surface area contributed by atoms with Gasteiger partial charge in [-0.05, 0) is 29.5 Å². The molecular weight excluding hydrogens is 242 g/mol. The maximum atomic E-state index is 5.95. The number of nitrogens with two attached hydrogens (primary N) is 1. The van der Waals surface area contributed by atoms with Crippen molar-refractivity contribution in [3.8, 4) is 11.4 Å². The summed E-state index contributed by atoms with van der Waals surface area (Å²) >= 11 is 5.95. The number of ether oxygens (including phenoxy) is 1. The fourth-order valence-corrected chi connectivity index (χ4v) is 1.64. The van der Waals surface area contributed by atoms with Gasteiger partial charge < -0.3 is 10.5 Å². The van der Waals surface area contributed by atoms with E-state index in [-0.39, 0.29) is 6.04 Å². The summed E-state index contributed by atoms with van der Waals surface area (Å²) in [5, 5.41) is 11.9. The van der Waals surface area contributed by atoms with Gasteiger partial charge in [0.15, 0.2) is 5.82 Å².